The van der Waals surface area contributed by atoms with E-state index in [1.165, 1.54) is 25.9 Å². The molecule has 0 radical (unpaired) electrons. The highest BCUT2D eigenvalue weighted by Crippen LogP contribution is 2.20. The molecular formula is C15H27N3O3. The van der Waals surface area contributed by atoms with Crippen molar-refractivity contribution in [1.82, 2.24) is 15.1 Å². The molecule has 2 amide bonds. The number of nitrogens with zero attached hydrogens (tertiary/aromatic N) is 2. The third-order valence-electron chi connectivity index (χ3n) is 4.62. The molecule has 0 aromatic carbocycles. The minimum Gasteiger partial charge on any atom is -0.480 e. The van der Waals surface area contributed by atoms with Crippen molar-refractivity contribution in [3.63, 3.8) is 0 Å². The SMILES string of the molecule is CCC(NC(=O)N1CCC(CN2CCCC2)CC1)C(=O)O. The van der Waals surface area contributed by atoms with Gasteiger partial charge in [-0.25, -0.2) is 9.59 Å². The van der Waals surface area contributed by atoms with Gasteiger partial charge in [0.2, 0.25) is 0 Å². The number of carboxylic acids is 1. The zero-order valence-corrected chi connectivity index (χ0v) is 12.9. The molecule has 2 aliphatic heterocycles. The summed E-state index contributed by atoms with van der Waals surface area (Å²) in [4.78, 5) is 27.3. The lowest BCUT2D eigenvalue weighted by molar-refractivity contribution is -0.139. The average Bonchev–Trinajstić information content (AvgIpc) is 2.98. The second-order valence-corrected chi connectivity index (χ2v) is 6.19. The van der Waals surface area contributed by atoms with Gasteiger partial charge in [0, 0.05) is 19.6 Å². The smallest absolute Gasteiger partial charge is 0.326 e. The standard InChI is InChI=1S/C15H27N3O3/c1-2-13(14(19)20)16-15(21)18-9-5-12(6-10-18)11-17-7-3-4-8-17/h12-13H,2-11H2,1H3,(H,16,21)(H,19,20). The first-order valence-corrected chi connectivity index (χ1v) is 8.10. The molecule has 1 unspecified atom stereocenters. The third kappa shape index (κ3) is 4.59. The fraction of sp³-hybridized carbons (Fsp3) is 0.867. The highest BCUT2D eigenvalue weighted by atomic mass is 16.4. The Balaban J connectivity index is 1.72. The van der Waals surface area contributed by atoms with Crippen molar-refractivity contribution in [2.75, 3.05) is 32.7 Å². The molecule has 0 aromatic heterocycles. The molecule has 2 aliphatic rings. The summed E-state index contributed by atoms with van der Waals surface area (Å²) in [6.07, 6.45) is 5.08. The number of carbonyl (C=O) groups is 2. The van der Waals surface area contributed by atoms with Crippen LogP contribution in [0.25, 0.3) is 0 Å². The molecule has 2 heterocycles. The van der Waals surface area contributed by atoms with Crippen LogP contribution in [0.4, 0.5) is 4.79 Å². The van der Waals surface area contributed by atoms with Crippen LogP contribution >= 0.6 is 0 Å². The van der Waals surface area contributed by atoms with Gasteiger partial charge in [-0.2, -0.15) is 0 Å². The van der Waals surface area contributed by atoms with Gasteiger partial charge >= 0.3 is 12.0 Å². The summed E-state index contributed by atoms with van der Waals surface area (Å²) in [6.45, 7) is 6.83. The summed E-state index contributed by atoms with van der Waals surface area (Å²) in [6, 6.07) is -1.01. The second kappa shape index (κ2) is 7.64. The van der Waals surface area contributed by atoms with Crippen molar-refractivity contribution < 1.29 is 14.7 Å². The van der Waals surface area contributed by atoms with Crippen LogP contribution in [0, 0.1) is 5.92 Å². The quantitative estimate of drug-likeness (QED) is 0.804. The molecule has 6 nitrogen and oxygen atoms in total. The number of carbonyl (C=O) groups excluding carboxylic acids is 1. The molecule has 0 aromatic rings. The van der Waals surface area contributed by atoms with E-state index in [-0.39, 0.29) is 6.03 Å². The van der Waals surface area contributed by atoms with Gasteiger partial charge < -0.3 is 20.2 Å². The number of nitrogens with one attached hydrogen (secondary N) is 1. The number of amides is 2. The highest BCUT2D eigenvalue weighted by Gasteiger charge is 2.27. The van der Waals surface area contributed by atoms with E-state index in [1.807, 2.05) is 0 Å². The largest absolute Gasteiger partial charge is 0.480 e. The van der Waals surface area contributed by atoms with Gasteiger partial charge in [0.05, 0.1) is 0 Å². The first-order valence-electron chi connectivity index (χ1n) is 8.10. The van der Waals surface area contributed by atoms with Crippen LogP contribution in [0.5, 0.6) is 0 Å². The van der Waals surface area contributed by atoms with Crippen molar-refractivity contribution in [2.24, 2.45) is 5.92 Å². The summed E-state index contributed by atoms with van der Waals surface area (Å²) < 4.78 is 0. The fourth-order valence-corrected chi connectivity index (χ4v) is 3.23. The van der Waals surface area contributed by atoms with Crippen LogP contribution in [-0.2, 0) is 4.79 Å². The van der Waals surface area contributed by atoms with E-state index in [9.17, 15) is 9.59 Å². The Kier molecular flexibility index (Phi) is 5.85. The van der Waals surface area contributed by atoms with E-state index in [0.29, 0.717) is 12.3 Å². The van der Waals surface area contributed by atoms with Gasteiger partial charge in [-0.15, -0.1) is 0 Å². The molecule has 0 saturated carbocycles. The van der Waals surface area contributed by atoms with Crippen LogP contribution in [0.3, 0.4) is 0 Å². The number of carboxylic acid groups (broad SMARTS) is 1. The molecule has 0 aliphatic carbocycles. The third-order valence-corrected chi connectivity index (χ3v) is 4.62. The fourth-order valence-electron chi connectivity index (χ4n) is 3.23. The Morgan fingerprint density at radius 1 is 1.19 bits per heavy atom. The molecule has 0 bridgehead atoms. The molecule has 2 fully saturated rings. The number of piperidine rings is 1. The number of hydrogen-bond donors (Lipinski definition) is 2. The molecule has 120 valence electrons. The Hall–Kier alpha value is -1.30. The summed E-state index contributed by atoms with van der Waals surface area (Å²) in [5.74, 6) is -0.289. The lowest BCUT2D eigenvalue weighted by Gasteiger charge is -2.34. The lowest BCUT2D eigenvalue weighted by atomic mass is 9.96. The topological polar surface area (TPSA) is 72.9 Å². The van der Waals surface area contributed by atoms with E-state index < -0.39 is 12.0 Å². The van der Waals surface area contributed by atoms with Crippen LogP contribution in [0.1, 0.15) is 39.0 Å². The summed E-state index contributed by atoms with van der Waals surface area (Å²) in [5.41, 5.74) is 0. The van der Waals surface area contributed by atoms with Gasteiger partial charge in [-0.3, -0.25) is 0 Å². The Morgan fingerprint density at radius 2 is 1.81 bits per heavy atom. The van der Waals surface area contributed by atoms with Crippen molar-refractivity contribution >= 4 is 12.0 Å². The molecule has 1 atom stereocenters. The Bertz CT molecular complexity index is 361. The minimum absolute atomic E-state index is 0.233. The zero-order chi connectivity index (χ0) is 15.2. The van der Waals surface area contributed by atoms with Crippen LogP contribution in [0.2, 0.25) is 0 Å². The van der Waals surface area contributed by atoms with Crippen LogP contribution in [0.15, 0.2) is 0 Å². The maximum atomic E-state index is 12.1. The summed E-state index contributed by atoms with van der Waals surface area (Å²) in [5, 5.41) is 11.6. The van der Waals surface area contributed by atoms with Gasteiger partial charge in [-0.05, 0) is 51.1 Å². The van der Waals surface area contributed by atoms with Crippen molar-refractivity contribution in [3.8, 4) is 0 Å². The summed E-state index contributed by atoms with van der Waals surface area (Å²) >= 11 is 0. The van der Waals surface area contributed by atoms with E-state index in [0.717, 1.165) is 32.5 Å². The average molecular weight is 297 g/mol. The monoisotopic (exact) mass is 297 g/mol. The van der Waals surface area contributed by atoms with E-state index in [1.54, 1.807) is 11.8 Å². The van der Waals surface area contributed by atoms with Gasteiger partial charge in [0.25, 0.3) is 0 Å². The van der Waals surface area contributed by atoms with E-state index >= 15 is 0 Å². The molecular weight excluding hydrogens is 270 g/mol. The maximum Gasteiger partial charge on any atom is 0.326 e. The maximum absolute atomic E-state index is 12.1. The number of aliphatic carboxylic acids is 1. The first-order chi connectivity index (χ1) is 10.1. The van der Waals surface area contributed by atoms with Crippen molar-refractivity contribution in [3.05, 3.63) is 0 Å². The number of hydrogen-bond acceptors (Lipinski definition) is 3. The molecule has 0 spiro atoms. The van der Waals surface area contributed by atoms with Gasteiger partial charge in [0.1, 0.15) is 6.04 Å². The van der Waals surface area contributed by atoms with Crippen molar-refractivity contribution in [1.29, 1.82) is 0 Å². The lowest BCUT2D eigenvalue weighted by Crippen LogP contribution is -2.50. The van der Waals surface area contributed by atoms with Crippen molar-refractivity contribution in [2.45, 2.75) is 45.1 Å². The molecule has 2 saturated heterocycles. The molecule has 6 heteroatoms. The Morgan fingerprint density at radius 3 is 2.33 bits per heavy atom. The highest BCUT2D eigenvalue weighted by molar-refractivity contribution is 5.82. The zero-order valence-electron chi connectivity index (χ0n) is 12.9. The van der Waals surface area contributed by atoms with Crippen LogP contribution < -0.4 is 5.32 Å². The molecule has 2 rings (SSSR count). The summed E-state index contributed by atoms with van der Waals surface area (Å²) in [7, 11) is 0. The molecule has 21 heavy (non-hydrogen) atoms. The van der Waals surface area contributed by atoms with Gasteiger partial charge in [-0.1, -0.05) is 6.92 Å². The van der Waals surface area contributed by atoms with Gasteiger partial charge in [0.15, 0.2) is 0 Å². The predicted octanol–water partition coefficient (Wildman–Crippen LogP) is 1.37. The normalized spacial score (nSPS) is 22.2. The first kappa shape index (κ1) is 16.1. The van der Waals surface area contributed by atoms with Crippen LogP contribution in [-0.4, -0.2) is 65.7 Å². The number of likely N-dealkylation sites (tertiary alicyclic amines) is 2. The number of urea groups is 1. The van der Waals surface area contributed by atoms with E-state index in [4.69, 9.17) is 5.11 Å². The minimum atomic E-state index is -0.963. The number of rotatable bonds is 5. The van der Waals surface area contributed by atoms with E-state index in [2.05, 4.69) is 10.2 Å². The Labute approximate surface area is 126 Å². The second-order valence-electron chi connectivity index (χ2n) is 6.19. The predicted molar refractivity (Wildman–Crippen MR) is 80.2 cm³/mol. The molecule has 2 N–H and O–H groups in total.